The van der Waals surface area contributed by atoms with Crippen LogP contribution in [0.25, 0.3) is 0 Å². The van der Waals surface area contributed by atoms with Crippen LogP contribution in [0.15, 0.2) is 4.42 Å². The van der Waals surface area contributed by atoms with Crippen LogP contribution < -0.4 is 5.32 Å². The molecule has 1 amide bonds. The van der Waals surface area contributed by atoms with Gasteiger partial charge in [-0.3, -0.25) is 9.59 Å². The summed E-state index contributed by atoms with van der Waals surface area (Å²) in [5.41, 5.74) is 1.47. The van der Waals surface area contributed by atoms with Crippen molar-refractivity contribution >= 4 is 11.7 Å². The lowest BCUT2D eigenvalue weighted by atomic mass is 9.51. The first-order chi connectivity index (χ1) is 11.6. The number of ether oxygens (including phenoxy) is 1. The summed E-state index contributed by atoms with van der Waals surface area (Å²) >= 11 is 0. The maximum atomic E-state index is 12.7. The van der Waals surface area contributed by atoms with Crippen molar-refractivity contribution in [3.05, 3.63) is 22.6 Å². The molecule has 2 atom stereocenters. The Bertz CT molecular complexity index is 686. The third-order valence-electron chi connectivity index (χ3n) is 6.26. The van der Waals surface area contributed by atoms with Gasteiger partial charge >= 0.3 is 0 Å². The number of aryl methyl sites for hydroxylation is 1. The van der Waals surface area contributed by atoms with Gasteiger partial charge in [-0.2, -0.15) is 0 Å². The number of hydrogen-bond donors (Lipinski definition) is 1. The molecule has 1 aromatic heterocycles. The molecule has 1 aromatic rings. The third kappa shape index (κ3) is 2.17. The first kappa shape index (κ1) is 15.9. The highest BCUT2D eigenvalue weighted by Gasteiger charge is 2.59. The van der Waals surface area contributed by atoms with Gasteiger partial charge in [-0.05, 0) is 39.5 Å². The summed E-state index contributed by atoms with van der Waals surface area (Å²) in [4.78, 5) is 24.8. The van der Waals surface area contributed by atoms with E-state index in [1.54, 1.807) is 0 Å². The van der Waals surface area contributed by atoms with E-state index in [2.05, 4.69) is 5.32 Å². The van der Waals surface area contributed by atoms with Crippen LogP contribution in [0.2, 0.25) is 0 Å². The number of carbonyl (C=O) groups excluding carboxylic acids is 2. The van der Waals surface area contributed by atoms with Crippen molar-refractivity contribution < 1.29 is 18.7 Å². The van der Waals surface area contributed by atoms with Gasteiger partial charge in [-0.15, -0.1) is 0 Å². The van der Waals surface area contributed by atoms with Crippen LogP contribution in [0.3, 0.4) is 0 Å². The van der Waals surface area contributed by atoms with E-state index >= 15 is 0 Å². The summed E-state index contributed by atoms with van der Waals surface area (Å²) < 4.78 is 11.6. The second-order valence-corrected chi connectivity index (χ2v) is 7.42. The fraction of sp³-hybridized carbons (Fsp3) is 0.684. The van der Waals surface area contributed by atoms with Crippen LogP contribution in [0.4, 0.5) is 0 Å². The molecule has 3 aliphatic carbocycles. The summed E-state index contributed by atoms with van der Waals surface area (Å²) in [6.45, 7) is 4.56. The van der Waals surface area contributed by atoms with Gasteiger partial charge in [0.2, 0.25) is 0 Å². The summed E-state index contributed by atoms with van der Waals surface area (Å²) in [7, 11) is 0. The molecule has 5 heteroatoms. The molecule has 0 aliphatic heterocycles. The molecule has 1 N–H and O–H groups in total. The van der Waals surface area contributed by atoms with Crippen molar-refractivity contribution in [3.8, 4) is 0 Å². The number of hydrogen-bond acceptors (Lipinski definition) is 4. The Morgan fingerprint density at radius 2 is 2.12 bits per heavy atom. The van der Waals surface area contributed by atoms with Gasteiger partial charge in [0.15, 0.2) is 11.5 Å². The number of nitrogens with one attached hydrogen (secondary N) is 1. The van der Waals surface area contributed by atoms with E-state index in [9.17, 15) is 9.59 Å². The number of fused-ring (bicyclic) bond motifs is 1. The fourth-order valence-corrected chi connectivity index (χ4v) is 4.73. The minimum atomic E-state index is -0.180. The second-order valence-electron chi connectivity index (χ2n) is 7.42. The molecule has 130 valence electrons. The van der Waals surface area contributed by atoms with E-state index in [0.29, 0.717) is 29.1 Å². The van der Waals surface area contributed by atoms with Crippen LogP contribution in [0.5, 0.6) is 0 Å². The van der Waals surface area contributed by atoms with E-state index in [1.807, 2.05) is 13.8 Å². The van der Waals surface area contributed by atoms with E-state index in [4.69, 9.17) is 9.15 Å². The van der Waals surface area contributed by atoms with Gasteiger partial charge in [0, 0.05) is 36.5 Å². The lowest BCUT2D eigenvalue weighted by molar-refractivity contribution is -0.169. The minimum absolute atomic E-state index is 0.104. The normalized spacial score (nSPS) is 27.3. The predicted octanol–water partition coefficient (Wildman–Crippen LogP) is 3.18. The van der Waals surface area contributed by atoms with Gasteiger partial charge in [0.1, 0.15) is 5.76 Å². The molecule has 5 nitrogen and oxygen atoms in total. The Balaban J connectivity index is 1.51. The first-order valence-corrected chi connectivity index (χ1v) is 9.14. The highest BCUT2D eigenvalue weighted by Crippen LogP contribution is 2.57. The summed E-state index contributed by atoms with van der Waals surface area (Å²) in [6, 6.07) is 0.160. The number of carbonyl (C=O) groups is 2. The van der Waals surface area contributed by atoms with Gasteiger partial charge in [0.25, 0.3) is 5.91 Å². The van der Waals surface area contributed by atoms with Crippen molar-refractivity contribution in [2.45, 2.75) is 70.9 Å². The molecule has 0 saturated heterocycles. The van der Waals surface area contributed by atoms with E-state index in [-0.39, 0.29) is 29.3 Å². The van der Waals surface area contributed by atoms with Crippen LogP contribution in [0, 0.1) is 12.3 Å². The zero-order valence-electron chi connectivity index (χ0n) is 14.4. The zero-order valence-corrected chi connectivity index (χ0v) is 14.4. The second kappa shape index (κ2) is 5.73. The van der Waals surface area contributed by atoms with Crippen molar-refractivity contribution in [2.75, 3.05) is 6.61 Å². The SMILES string of the molecule is CCO[C@H]1C[C@H](NC(=O)c2oc3c(c2C)C(=O)CCC3)C12CCC2. The van der Waals surface area contributed by atoms with Crippen LogP contribution in [-0.4, -0.2) is 30.4 Å². The Hall–Kier alpha value is -1.62. The largest absolute Gasteiger partial charge is 0.455 e. The molecule has 4 rings (SSSR count). The Morgan fingerprint density at radius 1 is 1.33 bits per heavy atom. The van der Waals surface area contributed by atoms with Gasteiger partial charge in [0.05, 0.1) is 11.7 Å². The number of rotatable bonds is 4. The van der Waals surface area contributed by atoms with Crippen molar-refractivity contribution in [2.24, 2.45) is 5.41 Å². The van der Waals surface area contributed by atoms with Crippen LogP contribution in [0.1, 0.15) is 77.7 Å². The fourth-order valence-electron chi connectivity index (χ4n) is 4.73. The summed E-state index contributed by atoms with van der Waals surface area (Å²) in [5, 5.41) is 3.15. The number of amides is 1. The monoisotopic (exact) mass is 331 g/mol. The molecule has 3 aliphatic rings. The van der Waals surface area contributed by atoms with Crippen molar-refractivity contribution in [1.82, 2.24) is 5.32 Å². The smallest absolute Gasteiger partial charge is 0.287 e. The first-order valence-electron chi connectivity index (χ1n) is 9.14. The molecule has 0 radical (unpaired) electrons. The highest BCUT2D eigenvalue weighted by atomic mass is 16.5. The number of furan rings is 1. The summed E-state index contributed by atoms with van der Waals surface area (Å²) in [6.07, 6.45) is 6.70. The topological polar surface area (TPSA) is 68.5 Å². The molecule has 0 unspecified atom stereocenters. The number of Topliss-reactive ketones (excluding diaryl/α,β-unsaturated/α-hetero) is 1. The van der Waals surface area contributed by atoms with Crippen molar-refractivity contribution in [1.29, 1.82) is 0 Å². The molecule has 24 heavy (non-hydrogen) atoms. The van der Waals surface area contributed by atoms with Crippen molar-refractivity contribution in [3.63, 3.8) is 0 Å². The Morgan fingerprint density at radius 3 is 2.75 bits per heavy atom. The average molecular weight is 331 g/mol. The van der Waals surface area contributed by atoms with E-state index in [0.717, 1.165) is 38.7 Å². The minimum Gasteiger partial charge on any atom is -0.455 e. The number of ketones is 1. The molecule has 1 spiro atoms. The maximum Gasteiger partial charge on any atom is 0.287 e. The van der Waals surface area contributed by atoms with Crippen LogP contribution in [-0.2, 0) is 11.2 Å². The molecule has 2 saturated carbocycles. The lowest BCUT2D eigenvalue weighted by Crippen LogP contribution is -2.67. The Kier molecular flexibility index (Phi) is 3.79. The molecule has 0 aromatic carbocycles. The average Bonchev–Trinajstić information content (AvgIpc) is 2.83. The van der Waals surface area contributed by atoms with Gasteiger partial charge in [-0.1, -0.05) is 6.42 Å². The predicted molar refractivity (Wildman–Crippen MR) is 88.3 cm³/mol. The van der Waals surface area contributed by atoms with Gasteiger partial charge < -0.3 is 14.5 Å². The van der Waals surface area contributed by atoms with Gasteiger partial charge in [-0.25, -0.2) is 0 Å². The Labute approximate surface area is 142 Å². The molecule has 2 fully saturated rings. The third-order valence-corrected chi connectivity index (χ3v) is 6.26. The molecular formula is C19H25NO4. The molecular weight excluding hydrogens is 306 g/mol. The maximum absolute atomic E-state index is 12.7. The zero-order chi connectivity index (χ0) is 16.9. The molecule has 0 bridgehead atoms. The summed E-state index contributed by atoms with van der Waals surface area (Å²) in [5.74, 6) is 0.936. The van der Waals surface area contributed by atoms with E-state index in [1.165, 1.54) is 6.42 Å². The quantitative estimate of drug-likeness (QED) is 0.920. The van der Waals surface area contributed by atoms with E-state index < -0.39 is 0 Å². The molecule has 1 heterocycles. The highest BCUT2D eigenvalue weighted by molar-refractivity contribution is 6.03. The van der Waals surface area contributed by atoms with Crippen LogP contribution >= 0.6 is 0 Å². The lowest BCUT2D eigenvalue weighted by Gasteiger charge is -2.60. The standard InChI is InChI=1S/C19H25NO4/c1-3-23-15-10-14(19(15)8-5-9-19)20-18(22)17-11(2)16-12(21)6-4-7-13(16)24-17/h14-15H,3-10H2,1-2H3,(H,20,22)/t14-,15-/m0/s1.